The average molecular weight is 696 g/mol. The van der Waals surface area contributed by atoms with Crippen LogP contribution < -0.4 is 5.73 Å². The SMILES string of the molecule is CC(C)(C)OC(=O)N=C(N)N(C(=O)OC(C)(C)C)[C@@H](CSCc1ccc(-c2ccc(-c3cccc4c3oc3ccccc34)cc2)cc1)C(=O)O. The molecule has 0 aliphatic rings. The number of ether oxygens (including phenoxy) is 2. The quantitative estimate of drug-likeness (QED) is 0.120. The Hall–Kier alpha value is -5.29. The van der Waals surface area contributed by atoms with Crippen LogP contribution in [0.2, 0.25) is 0 Å². The summed E-state index contributed by atoms with van der Waals surface area (Å²) in [4.78, 5) is 42.2. The van der Waals surface area contributed by atoms with Gasteiger partial charge in [0.05, 0.1) is 0 Å². The van der Waals surface area contributed by atoms with Gasteiger partial charge >= 0.3 is 18.2 Å². The first-order valence-electron chi connectivity index (χ1n) is 16.1. The standard InChI is InChI=1S/C39H41N3O7S/c1-38(2,3)48-36(45)41-35(40)42(37(46)49-39(4,5)6)31(34(43)44)23-50-22-24-14-16-25(17-15-24)26-18-20-27(21-19-26)28-11-9-12-30-29-10-7-8-13-32(29)47-33(28)30/h7-21,31H,22-23H2,1-6H3,(H,43,44)(H2,40,41,45)/t31-/m0/s1. The summed E-state index contributed by atoms with van der Waals surface area (Å²) in [5.74, 6) is -1.57. The van der Waals surface area contributed by atoms with Crippen LogP contribution in [0.3, 0.4) is 0 Å². The largest absolute Gasteiger partial charge is 0.480 e. The van der Waals surface area contributed by atoms with Crippen molar-refractivity contribution >= 4 is 57.8 Å². The number of nitrogens with two attached hydrogens (primary N) is 1. The van der Waals surface area contributed by atoms with Gasteiger partial charge in [-0.1, -0.05) is 84.9 Å². The number of guanidine groups is 1. The van der Waals surface area contributed by atoms with E-state index in [1.165, 1.54) is 11.8 Å². The third kappa shape index (κ3) is 8.83. The summed E-state index contributed by atoms with van der Waals surface area (Å²) in [5.41, 5.74) is 11.0. The molecule has 5 aromatic rings. The Labute approximate surface area is 295 Å². The van der Waals surface area contributed by atoms with E-state index in [1.54, 1.807) is 41.5 Å². The predicted molar refractivity (Wildman–Crippen MR) is 198 cm³/mol. The van der Waals surface area contributed by atoms with Crippen molar-refractivity contribution in [2.75, 3.05) is 5.75 Å². The van der Waals surface area contributed by atoms with Crippen molar-refractivity contribution in [1.82, 2.24) is 4.90 Å². The number of fused-ring (bicyclic) bond motifs is 3. The molecule has 3 N–H and O–H groups in total. The van der Waals surface area contributed by atoms with Crippen LogP contribution in [0.25, 0.3) is 44.2 Å². The lowest BCUT2D eigenvalue weighted by Gasteiger charge is -2.30. The number of carboxylic acids is 1. The number of nitrogens with zero attached hydrogens (tertiary/aromatic N) is 2. The lowest BCUT2D eigenvalue weighted by molar-refractivity contribution is -0.141. The Morgan fingerprint density at radius 1 is 0.800 bits per heavy atom. The maximum Gasteiger partial charge on any atom is 0.437 e. The van der Waals surface area contributed by atoms with E-state index >= 15 is 0 Å². The second-order valence-electron chi connectivity index (χ2n) is 13.7. The molecule has 1 aromatic heterocycles. The number of rotatable bonds is 8. The summed E-state index contributed by atoms with van der Waals surface area (Å²) >= 11 is 1.29. The van der Waals surface area contributed by atoms with Crippen LogP contribution in [0.4, 0.5) is 9.59 Å². The van der Waals surface area contributed by atoms with Gasteiger partial charge in [0.2, 0.25) is 5.96 Å². The van der Waals surface area contributed by atoms with Gasteiger partial charge in [-0.15, -0.1) is 4.99 Å². The molecule has 0 saturated carbocycles. The molecule has 0 bridgehead atoms. The van der Waals surface area contributed by atoms with Gasteiger partial charge in [-0.25, -0.2) is 19.3 Å². The first-order chi connectivity index (χ1) is 23.6. The van der Waals surface area contributed by atoms with Crippen molar-refractivity contribution in [3.8, 4) is 22.3 Å². The fraction of sp³-hybridized carbons (Fsp3) is 0.282. The Kier molecular flexibility index (Phi) is 10.6. The molecule has 0 unspecified atom stereocenters. The van der Waals surface area contributed by atoms with Gasteiger partial charge in [0.25, 0.3) is 0 Å². The molecule has 5 rings (SSSR count). The number of amides is 2. The fourth-order valence-electron chi connectivity index (χ4n) is 5.28. The van der Waals surface area contributed by atoms with Crippen LogP contribution in [-0.2, 0) is 20.0 Å². The number of aliphatic imine (C=N–C) groups is 1. The maximum atomic E-state index is 13.1. The van der Waals surface area contributed by atoms with Crippen LogP contribution in [0.15, 0.2) is 100 Å². The Morgan fingerprint density at radius 3 is 2.00 bits per heavy atom. The number of thioether (sulfide) groups is 1. The zero-order valence-electron chi connectivity index (χ0n) is 28.9. The minimum Gasteiger partial charge on any atom is -0.480 e. The minimum atomic E-state index is -1.47. The average Bonchev–Trinajstić information content (AvgIpc) is 3.42. The van der Waals surface area contributed by atoms with Gasteiger partial charge in [0.1, 0.15) is 28.4 Å². The fourth-order valence-corrected chi connectivity index (χ4v) is 6.34. The zero-order valence-corrected chi connectivity index (χ0v) is 29.7. The van der Waals surface area contributed by atoms with Gasteiger partial charge in [0, 0.05) is 27.8 Å². The molecular formula is C39H41N3O7S. The summed E-state index contributed by atoms with van der Waals surface area (Å²) in [6, 6.07) is 29.1. The molecule has 1 heterocycles. The molecule has 0 aliphatic heterocycles. The highest BCUT2D eigenvalue weighted by molar-refractivity contribution is 7.98. The number of carboxylic acid groups (broad SMARTS) is 1. The smallest absolute Gasteiger partial charge is 0.437 e. The van der Waals surface area contributed by atoms with Crippen molar-refractivity contribution in [3.63, 3.8) is 0 Å². The Balaban J connectivity index is 1.27. The van der Waals surface area contributed by atoms with Crippen molar-refractivity contribution in [2.45, 2.75) is 64.5 Å². The molecule has 50 heavy (non-hydrogen) atoms. The number of para-hydroxylation sites is 2. The molecule has 10 nitrogen and oxygen atoms in total. The van der Waals surface area contributed by atoms with Gasteiger partial charge in [-0.3, -0.25) is 0 Å². The number of carbonyl (C=O) groups excluding carboxylic acids is 2. The van der Waals surface area contributed by atoms with E-state index < -0.39 is 41.4 Å². The number of furan rings is 1. The number of hydrogen-bond donors (Lipinski definition) is 2. The molecular weight excluding hydrogens is 655 g/mol. The lowest BCUT2D eigenvalue weighted by atomic mass is 9.98. The number of aliphatic carboxylic acids is 1. The van der Waals surface area contributed by atoms with E-state index in [4.69, 9.17) is 19.6 Å². The second-order valence-corrected chi connectivity index (χ2v) is 14.8. The summed E-state index contributed by atoms with van der Waals surface area (Å²) in [6.45, 7) is 9.84. The number of carbonyl (C=O) groups is 3. The summed E-state index contributed by atoms with van der Waals surface area (Å²) < 4.78 is 16.8. The highest BCUT2D eigenvalue weighted by Crippen LogP contribution is 2.36. The molecule has 0 aliphatic carbocycles. The molecule has 0 radical (unpaired) electrons. The predicted octanol–water partition coefficient (Wildman–Crippen LogP) is 9.09. The molecule has 260 valence electrons. The van der Waals surface area contributed by atoms with Crippen molar-refractivity contribution in [3.05, 3.63) is 96.6 Å². The van der Waals surface area contributed by atoms with E-state index in [-0.39, 0.29) is 5.75 Å². The summed E-state index contributed by atoms with van der Waals surface area (Å²) in [6.07, 6.45) is -2.10. The molecule has 2 amide bonds. The third-order valence-corrected chi connectivity index (χ3v) is 8.55. The van der Waals surface area contributed by atoms with E-state index in [0.29, 0.717) is 10.7 Å². The molecule has 1 atom stereocenters. The maximum absolute atomic E-state index is 13.1. The summed E-state index contributed by atoms with van der Waals surface area (Å²) in [7, 11) is 0. The Bertz CT molecular complexity index is 2040. The zero-order chi connectivity index (χ0) is 36.2. The molecule has 0 fully saturated rings. The molecule has 0 saturated heterocycles. The van der Waals surface area contributed by atoms with Crippen molar-refractivity contribution in [1.29, 1.82) is 0 Å². The van der Waals surface area contributed by atoms with Crippen LogP contribution in [0.5, 0.6) is 0 Å². The van der Waals surface area contributed by atoms with Gasteiger partial charge in [-0.05, 0) is 69.9 Å². The van der Waals surface area contributed by atoms with E-state index in [0.717, 1.165) is 49.8 Å². The van der Waals surface area contributed by atoms with Gasteiger partial charge in [0.15, 0.2) is 0 Å². The number of hydrogen-bond acceptors (Lipinski definition) is 7. The highest BCUT2D eigenvalue weighted by atomic mass is 32.2. The highest BCUT2D eigenvalue weighted by Gasteiger charge is 2.36. The van der Waals surface area contributed by atoms with Crippen LogP contribution in [0, 0.1) is 0 Å². The van der Waals surface area contributed by atoms with Crippen LogP contribution in [0.1, 0.15) is 47.1 Å². The third-order valence-electron chi connectivity index (χ3n) is 7.46. The first kappa shape index (κ1) is 36.0. The monoisotopic (exact) mass is 695 g/mol. The molecule has 4 aromatic carbocycles. The van der Waals surface area contributed by atoms with E-state index in [2.05, 4.69) is 47.5 Å². The first-order valence-corrected chi connectivity index (χ1v) is 17.2. The molecule has 0 spiro atoms. The van der Waals surface area contributed by atoms with E-state index in [9.17, 15) is 19.5 Å². The topological polar surface area (TPSA) is 145 Å². The second kappa shape index (κ2) is 14.7. The van der Waals surface area contributed by atoms with Gasteiger partial charge in [-0.2, -0.15) is 11.8 Å². The van der Waals surface area contributed by atoms with Crippen LogP contribution in [-0.4, -0.2) is 57.1 Å². The molecule has 11 heteroatoms. The minimum absolute atomic E-state index is 0.0552. The Morgan fingerprint density at radius 2 is 1.38 bits per heavy atom. The van der Waals surface area contributed by atoms with E-state index in [1.807, 2.05) is 48.5 Å². The van der Waals surface area contributed by atoms with Crippen LogP contribution >= 0.6 is 11.8 Å². The summed E-state index contributed by atoms with van der Waals surface area (Å²) in [5, 5.41) is 12.3. The van der Waals surface area contributed by atoms with Gasteiger partial charge < -0.3 is 24.7 Å². The number of benzene rings is 4. The van der Waals surface area contributed by atoms with Crippen molar-refractivity contribution in [2.24, 2.45) is 10.7 Å². The normalized spacial score (nSPS) is 12.9. The van der Waals surface area contributed by atoms with Crippen molar-refractivity contribution < 1.29 is 33.4 Å². The lowest BCUT2D eigenvalue weighted by Crippen LogP contribution is -2.54.